The van der Waals surface area contributed by atoms with E-state index in [4.69, 9.17) is 19.2 Å². The number of benzene rings is 1. The minimum atomic E-state index is -0.0640. The molecule has 2 aliphatic rings. The Labute approximate surface area is 184 Å². The number of rotatable bonds is 7. The first-order valence-electron chi connectivity index (χ1n) is 11.3. The Hall–Kier alpha value is -2.38. The van der Waals surface area contributed by atoms with Crippen LogP contribution in [0.3, 0.4) is 0 Å². The van der Waals surface area contributed by atoms with Crippen LogP contribution in [0.5, 0.6) is 5.75 Å². The molecule has 2 aliphatic heterocycles. The summed E-state index contributed by atoms with van der Waals surface area (Å²) in [7, 11) is 1.67. The van der Waals surface area contributed by atoms with Gasteiger partial charge in [-0.05, 0) is 31.0 Å². The van der Waals surface area contributed by atoms with E-state index in [-0.39, 0.29) is 17.9 Å². The fourth-order valence-electron chi connectivity index (χ4n) is 4.31. The summed E-state index contributed by atoms with van der Waals surface area (Å²) in [4.78, 5) is 22.3. The molecule has 2 saturated heterocycles. The molecule has 7 heteroatoms. The first kappa shape index (κ1) is 21.8. The number of amides is 1. The van der Waals surface area contributed by atoms with Crippen molar-refractivity contribution in [3.8, 4) is 5.75 Å². The lowest BCUT2D eigenvalue weighted by molar-refractivity contribution is -0.136. The fraction of sp³-hybridized carbons (Fsp3) is 0.583. The number of morpholine rings is 1. The molecule has 4 rings (SSSR count). The third-order valence-electron chi connectivity index (χ3n) is 6.01. The molecule has 7 nitrogen and oxygen atoms in total. The molecule has 0 N–H and O–H groups in total. The molecule has 2 aromatic rings. The Morgan fingerprint density at radius 1 is 1.26 bits per heavy atom. The minimum Gasteiger partial charge on any atom is -0.497 e. The van der Waals surface area contributed by atoms with E-state index in [2.05, 4.69) is 11.0 Å². The third kappa shape index (κ3) is 5.10. The van der Waals surface area contributed by atoms with Crippen LogP contribution >= 0.6 is 0 Å². The van der Waals surface area contributed by atoms with Crippen LogP contribution in [0.4, 0.5) is 5.82 Å². The average molecular weight is 428 g/mol. The highest BCUT2D eigenvalue weighted by Gasteiger charge is 2.26. The molecule has 1 atom stereocenters. The van der Waals surface area contributed by atoms with Gasteiger partial charge in [0.25, 0.3) is 0 Å². The molecule has 1 unspecified atom stereocenters. The number of ether oxygens (including phenoxy) is 3. The van der Waals surface area contributed by atoms with Gasteiger partial charge in [0, 0.05) is 55.7 Å². The normalized spacial score (nSPS) is 19.2. The van der Waals surface area contributed by atoms with Crippen LogP contribution in [0.25, 0.3) is 10.9 Å². The molecule has 0 aliphatic carbocycles. The summed E-state index contributed by atoms with van der Waals surface area (Å²) in [6, 6.07) is 8.11. The van der Waals surface area contributed by atoms with Gasteiger partial charge >= 0.3 is 0 Å². The first-order chi connectivity index (χ1) is 15.0. The van der Waals surface area contributed by atoms with Crippen LogP contribution < -0.4 is 9.64 Å². The Morgan fingerprint density at radius 3 is 2.74 bits per heavy atom. The number of hydrogen-bond donors (Lipinski definition) is 0. The zero-order valence-corrected chi connectivity index (χ0v) is 18.8. The largest absolute Gasteiger partial charge is 0.497 e. The lowest BCUT2D eigenvalue weighted by Gasteiger charge is -2.32. The summed E-state index contributed by atoms with van der Waals surface area (Å²) in [5.41, 5.74) is 1.96. The molecule has 0 saturated carbocycles. The Kier molecular flexibility index (Phi) is 6.92. The Bertz CT molecular complexity index is 905. The van der Waals surface area contributed by atoms with Gasteiger partial charge in [-0.25, -0.2) is 4.98 Å². The third-order valence-corrected chi connectivity index (χ3v) is 6.01. The molecule has 31 heavy (non-hydrogen) atoms. The molecule has 1 amide bonds. The number of aromatic nitrogens is 1. The highest BCUT2D eigenvalue weighted by molar-refractivity contribution is 5.84. The van der Waals surface area contributed by atoms with Gasteiger partial charge in [-0.15, -0.1) is 0 Å². The standard InChI is InChI=1S/C24H33N3O4/c1-17(2)24(28)27(16-21-5-4-10-31-21)15-19-13-18-6-7-20(29-3)14-22(18)25-23(19)26-8-11-30-12-9-26/h6-7,13-14,17,21H,4-5,8-12,15-16H2,1-3H3. The molecule has 2 fully saturated rings. The van der Waals surface area contributed by atoms with Gasteiger partial charge < -0.3 is 24.0 Å². The zero-order chi connectivity index (χ0) is 21.8. The van der Waals surface area contributed by atoms with E-state index in [1.807, 2.05) is 36.9 Å². The number of nitrogens with zero attached hydrogens (tertiary/aromatic N) is 3. The first-order valence-corrected chi connectivity index (χ1v) is 11.3. The van der Waals surface area contributed by atoms with Crippen molar-refractivity contribution in [1.29, 1.82) is 0 Å². The maximum absolute atomic E-state index is 13.1. The molecule has 1 aromatic carbocycles. The lowest BCUT2D eigenvalue weighted by Crippen LogP contribution is -2.41. The highest BCUT2D eigenvalue weighted by atomic mass is 16.5. The second-order valence-corrected chi connectivity index (χ2v) is 8.64. The van der Waals surface area contributed by atoms with E-state index in [9.17, 15) is 4.79 Å². The maximum atomic E-state index is 13.1. The zero-order valence-electron chi connectivity index (χ0n) is 18.8. The van der Waals surface area contributed by atoms with Crippen molar-refractivity contribution in [3.63, 3.8) is 0 Å². The van der Waals surface area contributed by atoms with Gasteiger partial charge in [-0.1, -0.05) is 13.8 Å². The molecular weight excluding hydrogens is 394 g/mol. The molecule has 0 spiro atoms. The number of methoxy groups -OCH3 is 1. The van der Waals surface area contributed by atoms with Crippen molar-refractivity contribution in [1.82, 2.24) is 9.88 Å². The second kappa shape index (κ2) is 9.83. The van der Waals surface area contributed by atoms with Gasteiger partial charge in [0.05, 0.1) is 31.9 Å². The van der Waals surface area contributed by atoms with Crippen LogP contribution in [0.15, 0.2) is 24.3 Å². The van der Waals surface area contributed by atoms with E-state index in [1.54, 1.807) is 7.11 Å². The number of anilines is 1. The van der Waals surface area contributed by atoms with Crippen molar-refractivity contribution >= 4 is 22.6 Å². The van der Waals surface area contributed by atoms with E-state index in [0.29, 0.717) is 26.3 Å². The van der Waals surface area contributed by atoms with Gasteiger partial charge in [0.1, 0.15) is 11.6 Å². The van der Waals surface area contributed by atoms with Crippen LogP contribution in [0.1, 0.15) is 32.3 Å². The second-order valence-electron chi connectivity index (χ2n) is 8.64. The van der Waals surface area contributed by atoms with Crippen LogP contribution in [0, 0.1) is 5.92 Å². The van der Waals surface area contributed by atoms with E-state index < -0.39 is 0 Å². The molecule has 3 heterocycles. The summed E-state index contributed by atoms with van der Waals surface area (Å²) in [6.07, 6.45) is 2.19. The van der Waals surface area contributed by atoms with Gasteiger partial charge in [0.2, 0.25) is 5.91 Å². The summed E-state index contributed by atoms with van der Waals surface area (Å²) in [5, 5.41) is 1.04. The van der Waals surface area contributed by atoms with Gasteiger partial charge in [0.15, 0.2) is 0 Å². The van der Waals surface area contributed by atoms with Crippen LogP contribution in [0.2, 0.25) is 0 Å². The van der Waals surface area contributed by atoms with Crippen molar-refractivity contribution in [3.05, 3.63) is 29.8 Å². The minimum absolute atomic E-state index is 0.0640. The molecular formula is C24H33N3O4. The number of pyridine rings is 1. The van der Waals surface area contributed by atoms with Crippen molar-refractivity contribution < 1.29 is 19.0 Å². The molecule has 168 valence electrons. The molecule has 1 aromatic heterocycles. The topological polar surface area (TPSA) is 64.1 Å². The van der Waals surface area contributed by atoms with Crippen LogP contribution in [-0.2, 0) is 20.8 Å². The summed E-state index contributed by atoms with van der Waals surface area (Å²) >= 11 is 0. The quantitative estimate of drug-likeness (QED) is 0.676. The van der Waals surface area contributed by atoms with Gasteiger partial charge in [-0.2, -0.15) is 0 Å². The van der Waals surface area contributed by atoms with Crippen LogP contribution in [-0.4, -0.2) is 68.5 Å². The number of carbonyl (C=O) groups is 1. The molecule has 0 bridgehead atoms. The highest BCUT2D eigenvalue weighted by Crippen LogP contribution is 2.29. The fourth-order valence-corrected chi connectivity index (χ4v) is 4.31. The van der Waals surface area contributed by atoms with E-state index >= 15 is 0 Å². The Morgan fingerprint density at radius 2 is 2.06 bits per heavy atom. The Balaban J connectivity index is 1.70. The predicted molar refractivity (Wildman–Crippen MR) is 121 cm³/mol. The van der Waals surface area contributed by atoms with Crippen molar-refractivity contribution in [2.45, 2.75) is 39.3 Å². The smallest absolute Gasteiger partial charge is 0.225 e. The average Bonchev–Trinajstić information content (AvgIpc) is 3.31. The van der Waals surface area contributed by atoms with Crippen molar-refractivity contribution in [2.75, 3.05) is 51.5 Å². The van der Waals surface area contributed by atoms with E-state index in [1.165, 1.54) is 0 Å². The van der Waals surface area contributed by atoms with E-state index in [0.717, 1.165) is 60.6 Å². The van der Waals surface area contributed by atoms with Crippen molar-refractivity contribution in [2.24, 2.45) is 5.92 Å². The summed E-state index contributed by atoms with van der Waals surface area (Å²) in [6.45, 7) is 8.80. The maximum Gasteiger partial charge on any atom is 0.225 e. The number of fused-ring (bicyclic) bond motifs is 1. The SMILES string of the molecule is COc1ccc2cc(CN(CC3CCCO3)C(=O)C(C)C)c(N3CCOCC3)nc2c1. The number of hydrogen-bond acceptors (Lipinski definition) is 6. The number of carbonyl (C=O) groups excluding carboxylic acids is 1. The monoisotopic (exact) mass is 427 g/mol. The van der Waals surface area contributed by atoms with Gasteiger partial charge in [-0.3, -0.25) is 4.79 Å². The predicted octanol–water partition coefficient (Wildman–Crippen LogP) is 3.24. The lowest BCUT2D eigenvalue weighted by atomic mass is 10.1. The summed E-state index contributed by atoms with van der Waals surface area (Å²) in [5.74, 6) is 1.80. The molecule has 0 radical (unpaired) electrons. The summed E-state index contributed by atoms with van der Waals surface area (Å²) < 4.78 is 16.8.